The number of hydrogen-bond donors (Lipinski definition) is 0. The molecule has 0 aromatic carbocycles. The molecule has 0 aliphatic rings. The zero-order valence-corrected chi connectivity index (χ0v) is 9.25. The molecule has 76 valence electrons. The average Bonchev–Trinajstić information content (AvgIpc) is 2.63. The summed E-state index contributed by atoms with van der Waals surface area (Å²) in [6.45, 7) is 0. The number of aromatic nitrogens is 4. The van der Waals surface area contributed by atoms with Crippen LogP contribution in [0.4, 0.5) is 0 Å². The van der Waals surface area contributed by atoms with Gasteiger partial charge in [-0.3, -0.25) is 0 Å². The van der Waals surface area contributed by atoms with E-state index in [9.17, 15) is 0 Å². The van der Waals surface area contributed by atoms with Crippen LogP contribution >= 0.6 is 0 Å². The number of imidazole rings is 2. The Morgan fingerprint density at radius 1 is 0.786 bits per heavy atom. The van der Waals surface area contributed by atoms with E-state index in [1.54, 1.807) is 0 Å². The molecule has 0 spiro atoms. The predicted octanol–water partition coefficient (Wildman–Crippen LogP) is -0.301. The minimum atomic E-state index is 2.00. The fraction of sp³-hybridized carbons (Fsp3) is 0.400. The number of aryl methyl sites for hydroxylation is 4. The van der Waals surface area contributed by atoms with Crippen molar-refractivity contribution in [1.29, 1.82) is 0 Å². The van der Waals surface area contributed by atoms with Crippen molar-refractivity contribution in [1.82, 2.24) is 9.13 Å². The molecule has 0 fully saturated rings. The molecule has 14 heavy (non-hydrogen) atoms. The monoisotopic (exact) mass is 194 g/mol. The Balaban J connectivity index is 0.000000140. The molecule has 0 radical (unpaired) electrons. The first-order chi connectivity index (χ1) is 6.58. The topological polar surface area (TPSA) is 17.6 Å². The molecule has 0 bridgehead atoms. The largest absolute Gasteiger partial charge is 0.243 e. The third kappa shape index (κ3) is 3.43. The molecule has 4 heteroatoms. The first kappa shape index (κ1) is 10.5. The van der Waals surface area contributed by atoms with Gasteiger partial charge < -0.3 is 0 Å². The van der Waals surface area contributed by atoms with E-state index in [1.165, 1.54) is 0 Å². The molecule has 0 amide bonds. The average molecular weight is 194 g/mol. The molecule has 0 N–H and O–H groups in total. The lowest BCUT2D eigenvalue weighted by Crippen LogP contribution is -2.23. The van der Waals surface area contributed by atoms with E-state index in [-0.39, 0.29) is 0 Å². The summed E-state index contributed by atoms with van der Waals surface area (Å²) >= 11 is 0. The predicted molar refractivity (Wildman–Crippen MR) is 53.2 cm³/mol. The molecule has 4 nitrogen and oxygen atoms in total. The third-order valence-corrected chi connectivity index (χ3v) is 1.80. The quantitative estimate of drug-likeness (QED) is 0.512. The minimum absolute atomic E-state index is 2.00. The van der Waals surface area contributed by atoms with E-state index >= 15 is 0 Å². The number of nitrogens with zero attached hydrogens (tertiary/aromatic N) is 4. The van der Waals surface area contributed by atoms with E-state index in [4.69, 9.17) is 0 Å². The van der Waals surface area contributed by atoms with Gasteiger partial charge in [-0.2, -0.15) is 0 Å². The second kappa shape index (κ2) is 4.60. The SMILES string of the molecule is Cn1cc[n+](C)c1.Cn1cc[n+](C)c1. The van der Waals surface area contributed by atoms with E-state index in [0.717, 1.165) is 0 Å². The van der Waals surface area contributed by atoms with Gasteiger partial charge in [-0.1, -0.05) is 0 Å². The van der Waals surface area contributed by atoms with Crippen LogP contribution in [0.2, 0.25) is 0 Å². The van der Waals surface area contributed by atoms with Gasteiger partial charge in [0.05, 0.1) is 28.2 Å². The molecule has 0 saturated heterocycles. The summed E-state index contributed by atoms with van der Waals surface area (Å²) in [6, 6.07) is 0. The summed E-state index contributed by atoms with van der Waals surface area (Å²) in [7, 11) is 8.00. The smallest absolute Gasteiger partial charge is 0.240 e. The fourth-order valence-electron chi connectivity index (χ4n) is 1.15. The van der Waals surface area contributed by atoms with E-state index in [0.29, 0.717) is 0 Å². The molecule has 2 rings (SSSR count). The van der Waals surface area contributed by atoms with Crippen molar-refractivity contribution in [3.63, 3.8) is 0 Å². The van der Waals surface area contributed by atoms with Crippen LogP contribution in [0.3, 0.4) is 0 Å². The van der Waals surface area contributed by atoms with Crippen LogP contribution in [-0.2, 0) is 28.2 Å². The highest BCUT2D eigenvalue weighted by molar-refractivity contribution is 4.61. The maximum Gasteiger partial charge on any atom is 0.243 e. The van der Waals surface area contributed by atoms with Gasteiger partial charge in [0.15, 0.2) is 0 Å². The Morgan fingerprint density at radius 3 is 1.21 bits per heavy atom. The van der Waals surface area contributed by atoms with Gasteiger partial charge in [-0.05, 0) is 0 Å². The van der Waals surface area contributed by atoms with Crippen LogP contribution in [0.5, 0.6) is 0 Å². The standard InChI is InChI=1S/2C5H9N2/c2*1-6-3-4-7(2)5-6/h2*3-5H,1-2H3/q2*+1. The Morgan fingerprint density at radius 2 is 1.14 bits per heavy atom. The first-order valence-corrected chi connectivity index (χ1v) is 4.52. The molecule has 2 heterocycles. The van der Waals surface area contributed by atoms with Crippen LogP contribution in [-0.4, -0.2) is 9.13 Å². The van der Waals surface area contributed by atoms with E-state index in [2.05, 4.69) is 0 Å². The Kier molecular flexibility index (Phi) is 3.45. The fourth-order valence-corrected chi connectivity index (χ4v) is 1.15. The maximum atomic E-state index is 2.00. The van der Waals surface area contributed by atoms with Crippen LogP contribution in [0.1, 0.15) is 0 Å². The highest BCUT2D eigenvalue weighted by Gasteiger charge is 1.88. The Hall–Kier alpha value is -1.58. The highest BCUT2D eigenvalue weighted by Crippen LogP contribution is 1.71. The second-order valence-electron chi connectivity index (χ2n) is 3.49. The lowest BCUT2D eigenvalue weighted by molar-refractivity contribution is -0.671. The molecule has 0 aliphatic heterocycles. The van der Waals surface area contributed by atoms with Crippen LogP contribution in [0.15, 0.2) is 37.4 Å². The number of hydrogen-bond acceptors (Lipinski definition) is 0. The van der Waals surface area contributed by atoms with Crippen molar-refractivity contribution in [2.24, 2.45) is 28.2 Å². The minimum Gasteiger partial charge on any atom is -0.240 e. The van der Waals surface area contributed by atoms with Crippen molar-refractivity contribution >= 4 is 0 Å². The van der Waals surface area contributed by atoms with Crippen molar-refractivity contribution in [3.8, 4) is 0 Å². The molecule has 2 aromatic heterocycles. The van der Waals surface area contributed by atoms with Crippen molar-refractivity contribution < 1.29 is 9.13 Å². The molecule has 0 aliphatic carbocycles. The highest BCUT2D eigenvalue weighted by atomic mass is 15.1. The van der Waals surface area contributed by atoms with Crippen molar-refractivity contribution in [2.45, 2.75) is 0 Å². The van der Waals surface area contributed by atoms with Gasteiger partial charge >= 0.3 is 0 Å². The zero-order chi connectivity index (χ0) is 10.6. The van der Waals surface area contributed by atoms with Gasteiger partial charge in [-0.25, -0.2) is 18.3 Å². The van der Waals surface area contributed by atoms with Crippen molar-refractivity contribution in [3.05, 3.63) is 37.4 Å². The summed E-state index contributed by atoms with van der Waals surface area (Å²) in [4.78, 5) is 0. The zero-order valence-electron chi connectivity index (χ0n) is 9.25. The second-order valence-corrected chi connectivity index (χ2v) is 3.49. The van der Waals surface area contributed by atoms with Crippen molar-refractivity contribution in [2.75, 3.05) is 0 Å². The summed E-state index contributed by atoms with van der Waals surface area (Å²) < 4.78 is 8.00. The lowest BCUT2D eigenvalue weighted by Gasteiger charge is -1.72. The lowest BCUT2D eigenvalue weighted by atomic mass is 10.9. The Bertz CT molecular complexity index is 315. The molecule has 0 atom stereocenters. The van der Waals surface area contributed by atoms with Crippen LogP contribution < -0.4 is 9.13 Å². The summed E-state index contributed by atoms with van der Waals surface area (Å²) in [5.41, 5.74) is 0. The molecular formula is C10H18N4+2. The van der Waals surface area contributed by atoms with E-state index in [1.807, 2.05) is 83.9 Å². The molecule has 2 aromatic rings. The number of rotatable bonds is 0. The molecule has 0 unspecified atom stereocenters. The van der Waals surface area contributed by atoms with Gasteiger partial charge in [-0.15, -0.1) is 0 Å². The van der Waals surface area contributed by atoms with E-state index < -0.39 is 0 Å². The summed E-state index contributed by atoms with van der Waals surface area (Å²) in [5.74, 6) is 0. The normalized spacial score (nSPS) is 9.43. The molecule has 0 saturated carbocycles. The first-order valence-electron chi connectivity index (χ1n) is 4.52. The summed E-state index contributed by atoms with van der Waals surface area (Å²) in [5, 5.41) is 0. The van der Waals surface area contributed by atoms with Gasteiger partial charge in [0.2, 0.25) is 12.7 Å². The van der Waals surface area contributed by atoms with Gasteiger partial charge in [0, 0.05) is 0 Å². The van der Waals surface area contributed by atoms with Crippen LogP contribution in [0.25, 0.3) is 0 Å². The van der Waals surface area contributed by atoms with Gasteiger partial charge in [0.25, 0.3) is 0 Å². The Labute approximate surface area is 84.7 Å². The van der Waals surface area contributed by atoms with Gasteiger partial charge in [0.1, 0.15) is 24.8 Å². The van der Waals surface area contributed by atoms with Crippen LogP contribution in [0, 0.1) is 0 Å². The molecular weight excluding hydrogens is 176 g/mol. The summed E-state index contributed by atoms with van der Waals surface area (Å²) in [6.07, 6.45) is 12.0. The maximum absolute atomic E-state index is 2.00. The third-order valence-electron chi connectivity index (χ3n) is 1.80.